The van der Waals surface area contributed by atoms with Gasteiger partial charge in [-0.15, -0.1) is 5.10 Å². The summed E-state index contributed by atoms with van der Waals surface area (Å²) >= 11 is 5.87. The summed E-state index contributed by atoms with van der Waals surface area (Å²) in [4.78, 5) is 15.8. The Morgan fingerprint density at radius 2 is 2.00 bits per heavy atom. The summed E-state index contributed by atoms with van der Waals surface area (Å²) in [7, 11) is -3.79. The molecular formula is C17H15ClN4O4S. The number of halogens is 1. The number of aromatic nitrogens is 3. The van der Waals surface area contributed by atoms with Crippen molar-refractivity contribution in [2.24, 2.45) is 0 Å². The molecule has 0 aliphatic heterocycles. The van der Waals surface area contributed by atoms with Gasteiger partial charge in [-0.2, -0.15) is 0 Å². The van der Waals surface area contributed by atoms with E-state index in [2.05, 4.69) is 20.5 Å². The third kappa shape index (κ3) is 5.11. The van der Waals surface area contributed by atoms with Crippen molar-refractivity contribution in [3.8, 4) is 0 Å². The number of carbonyl (C=O) groups excluding carboxylic acids is 1. The van der Waals surface area contributed by atoms with Crippen molar-refractivity contribution < 1.29 is 17.6 Å². The van der Waals surface area contributed by atoms with E-state index in [-0.39, 0.29) is 36.2 Å². The lowest BCUT2D eigenvalue weighted by atomic mass is 10.2. The van der Waals surface area contributed by atoms with E-state index >= 15 is 0 Å². The number of hydrogen-bond acceptors (Lipinski definition) is 7. The first-order valence-corrected chi connectivity index (χ1v) is 9.96. The van der Waals surface area contributed by atoms with Gasteiger partial charge in [0.25, 0.3) is 5.91 Å². The van der Waals surface area contributed by atoms with Gasteiger partial charge in [-0.1, -0.05) is 34.9 Å². The molecule has 0 unspecified atom stereocenters. The van der Waals surface area contributed by atoms with E-state index in [1.54, 1.807) is 42.5 Å². The summed E-state index contributed by atoms with van der Waals surface area (Å²) in [5.74, 6) is -0.532. The third-order valence-electron chi connectivity index (χ3n) is 3.48. The quantitative estimate of drug-likeness (QED) is 0.638. The first-order chi connectivity index (χ1) is 12.9. The van der Waals surface area contributed by atoms with Crippen molar-refractivity contribution in [2.75, 3.05) is 6.54 Å². The standard InChI is InChI=1S/C17H15ClN4O4S/c18-13-5-3-4-12(10-13)11-27(24,25)17-22-21-15(26-17)7-9-20-16(23)14-6-1-2-8-19-14/h1-6,8,10H,7,9,11H2,(H,20,23). The number of carbonyl (C=O) groups is 1. The van der Waals surface area contributed by atoms with Gasteiger partial charge < -0.3 is 9.73 Å². The topological polar surface area (TPSA) is 115 Å². The van der Waals surface area contributed by atoms with E-state index in [0.717, 1.165) is 0 Å². The van der Waals surface area contributed by atoms with Crippen molar-refractivity contribution >= 4 is 27.3 Å². The highest BCUT2D eigenvalue weighted by Gasteiger charge is 2.23. The van der Waals surface area contributed by atoms with Crippen LogP contribution in [0, 0.1) is 0 Å². The molecule has 0 fully saturated rings. The highest BCUT2D eigenvalue weighted by Crippen LogP contribution is 2.18. The smallest absolute Gasteiger partial charge is 0.335 e. The number of rotatable bonds is 7. The number of nitrogens with zero attached hydrogens (tertiary/aromatic N) is 3. The maximum atomic E-state index is 12.4. The average molecular weight is 407 g/mol. The van der Waals surface area contributed by atoms with Gasteiger partial charge in [0.15, 0.2) is 0 Å². The Balaban J connectivity index is 1.58. The Bertz CT molecular complexity index is 1040. The van der Waals surface area contributed by atoms with Crippen LogP contribution in [-0.2, 0) is 22.0 Å². The van der Waals surface area contributed by atoms with Crippen LogP contribution in [0.15, 0.2) is 58.3 Å². The monoisotopic (exact) mass is 406 g/mol. The number of benzene rings is 1. The molecule has 3 rings (SSSR count). The second kappa shape index (κ2) is 8.28. The number of pyridine rings is 1. The molecule has 27 heavy (non-hydrogen) atoms. The van der Waals surface area contributed by atoms with Crippen molar-refractivity contribution in [2.45, 2.75) is 17.4 Å². The number of amides is 1. The zero-order chi connectivity index (χ0) is 19.3. The van der Waals surface area contributed by atoms with E-state index in [1.165, 1.54) is 6.20 Å². The molecular weight excluding hydrogens is 392 g/mol. The van der Waals surface area contributed by atoms with Crippen LogP contribution >= 0.6 is 11.6 Å². The Hall–Kier alpha value is -2.78. The minimum atomic E-state index is -3.79. The molecule has 0 saturated heterocycles. The van der Waals surface area contributed by atoms with Crippen LogP contribution in [-0.4, -0.2) is 36.1 Å². The van der Waals surface area contributed by atoms with Crippen LogP contribution in [0.5, 0.6) is 0 Å². The molecule has 0 radical (unpaired) electrons. The average Bonchev–Trinajstić information content (AvgIpc) is 3.12. The Kier molecular flexibility index (Phi) is 5.82. The fourth-order valence-corrected chi connectivity index (χ4v) is 3.59. The van der Waals surface area contributed by atoms with Crippen LogP contribution < -0.4 is 5.32 Å². The predicted molar refractivity (Wildman–Crippen MR) is 96.9 cm³/mol. The van der Waals surface area contributed by atoms with Gasteiger partial charge in [0.1, 0.15) is 5.69 Å². The van der Waals surface area contributed by atoms with Crippen LogP contribution in [0.1, 0.15) is 21.9 Å². The second-order valence-electron chi connectivity index (χ2n) is 5.57. The first kappa shape index (κ1) is 19.0. The van der Waals surface area contributed by atoms with E-state index in [4.69, 9.17) is 16.0 Å². The second-order valence-corrected chi connectivity index (χ2v) is 7.88. The highest BCUT2D eigenvalue weighted by atomic mass is 35.5. The summed E-state index contributed by atoms with van der Waals surface area (Å²) in [6.07, 6.45) is 1.71. The molecule has 3 aromatic rings. The molecule has 0 aliphatic carbocycles. The van der Waals surface area contributed by atoms with Gasteiger partial charge >= 0.3 is 5.22 Å². The number of nitrogens with one attached hydrogen (secondary N) is 1. The van der Waals surface area contributed by atoms with Crippen LogP contribution in [0.3, 0.4) is 0 Å². The zero-order valence-electron chi connectivity index (χ0n) is 14.0. The minimum Gasteiger partial charge on any atom is -0.412 e. The molecule has 140 valence electrons. The van der Waals surface area contributed by atoms with Crippen molar-refractivity contribution in [3.63, 3.8) is 0 Å². The van der Waals surface area contributed by atoms with Crippen molar-refractivity contribution in [1.29, 1.82) is 0 Å². The van der Waals surface area contributed by atoms with Crippen molar-refractivity contribution in [3.05, 3.63) is 70.8 Å². The molecule has 0 atom stereocenters. The summed E-state index contributed by atoms with van der Waals surface area (Å²) in [5.41, 5.74) is 0.803. The molecule has 10 heteroatoms. The molecule has 1 N–H and O–H groups in total. The van der Waals surface area contributed by atoms with Crippen LogP contribution in [0.25, 0.3) is 0 Å². The lowest BCUT2D eigenvalue weighted by Gasteiger charge is -2.02. The molecule has 8 nitrogen and oxygen atoms in total. The Morgan fingerprint density at radius 3 is 2.74 bits per heavy atom. The minimum absolute atomic E-state index is 0.112. The summed E-state index contributed by atoms with van der Waals surface area (Å²) in [5, 5.41) is 9.95. The molecule has 1 aromatic carbocycles. The van der Waals surface area contributed by atoms with E-state index in [1.807, 2.05) is 0 Å². The van der Waals surface area contributed by atoms with Gasteiger partial charge in [-0.25, -0.2) is 8.42 Å². The van der Waals surface area contributed by atoms with E-state index in [0.29, 0.717) is 10.6 Å². The molecule has 0 bridgehead atoms. The molecule has 0 spiro atoms. The van der Waals surface area contributed by atoms with E-state index < -0.39 is 15.1 Å². The summed E-state index contributed by atoms with van der Waals surface area (Å²) in [6.45, 7) is 0.200. The zero-order valence-corrected chi connectivity index (χ0v) is 15.6. The fourth-order valence-electron chi connectivity index (χ4n) is 2.24. The van der Waals surface area contributed by atoms with Crippen LogP contribution in [0.2, 0.25) is 5.02 Å². The lowest BCUT2D eigenvalue weighted by molar-refractivity contribution is 0.0948. The molecule has 0 aliphatic rings. The van der Waals surface area contributed by atoms with Crippen molar-refractivity contribution in [1.82, 2.24) is 20.5 Å². The van der Waals surface area contributed by atoms with Gasteiger partial charge in [-0.05, 0) is 29.8 Å². The van der Waals surface area contributed by atoms with Gasteiger partial charge in [0.05, 0.1) is 5.75 Å². The van der Waals surface area contributed by atoms with Gasteiger partial charge in [0.2, 0.25) is 15.7 Å². The summed E-state index contributed by atoms with van der Waals surface area (Å²) in [6, 6.07) is 11.5. The van der Waals surface area contributed by atoms with Gasteiger partial charge in [0, 0.05) is 24.2 Å². The highest BCUT2D eigenvalue weighted by molar-refractivity contribution is 7.90. The van der Waals surface area contributed by atoms with Gasteiger partial charge in [-0.3, -0.25) is 9.78 Å². The Morgan fingerprint density at radius 1 is 1.15 bits per heavy atom. The largest absolute Gasteiger partial charge is 0.412 e. The maximum absolute atomic E-state index is 12.4. The normalized spacial score (nSPS) is 11.3. The Labute approximate surface area is 160 Å². The van der Waals surface area contributed by atoms with E-state index in [9.17, 15) is 13.2 Å². The van der Waals surface area contributed by atoms with Crippen LogP contribution in [0.4, 0.5) is 0 Å². The molecule has 2 aromatic heterocycles. The number of hydrogen-bond donors (Lipinski definition) is 1. The number of sulfone groups is 1. The summed E-state index contributed by atoms with van der Waals surface area (Å²) < 4.78 is 30.0. The third-order valence-corrected chi connectivity index (χ3v) is 5.13. The predicted octanol–water partition coefficient (Wildman–Crippen LogP) is 2.06. The lowest BCUT2D eigenvalue weighted by Crippen LogP contribution is -2.26. The molecule has 2 heterocycles. The first-order valence-electron chi connectivity index (χ1n) is 7.93. The maximum Gasteiger partial charge on any atom is 0.335 e. The molecule has 0 saturated carbocycles. The SMILES string of the molecule is O=C(NCCc1nnc(S(=O)(=O)Cc2cccc(Cl)c2)o1)c1ccccn1. The molecule has 1 amide bonds. The fraction of sp³-hybridized carbons (Fsp3) is 0.176.